The van der Waals surface area contributed by atoms with Crippen LogP contribution < -0.4 is 0 Å². The number of halogens is 1. The summed E-state index contributed by atoms with van der Waals surface area (Å²) in [7, 11) is 2.10. The second kappa shape index (κ2) is 12.0. The van der Waals surface area contributed by atoms with Gasteiger partial charge in [-0.3, -0.25) is 9.69 Å². The Labute approximate surface area is 161 Å². The number of rotatable bonds is 11. The van der Waals surface area contributed by atoms with E-state index in [0.29, 0.717) is 6.42 Å². The second-order valence-corrected chi connectivity index (χ2v) is 7.50. The number of Topliss-reactive ketones (excluding diaryl/α,β-unsaturated/α-hetero) is 1. The van der Waals surface area contributed by atoms with Crippen molar-refractivity contribution in [2.24, 2.45) is 0 Å². The maximum Gasteiger partial charge on any atom is 0.163 e. The quantitative estimate of drug-likeness (QED) is 0.323. The van der Waals surface area contributed by atoms with Crippen LogP contribution in [0.5, 0.6) is 0 Å². The minimum Gasteiger partial charge on any atom is -0.299 e. The molecule has 0 saturated heterocycles. The summed E-state index contributed by atoms with van der Waals surface area (Å²) in [6.07, 6.45) is 9.98. The lowest BCUT2D eigenvalue weighted by Gasteiger charge is -2.11. The van der Waals surface area contributed by atoms with Crippen molar-refractivity contribution in [1.82, 2.24) is 4.90 Å². The monoisotopic (exact) mass is 403 g/mol. The van der Waals surface area contributed by atoms with E-state index in [1.807, 2.05) is 30.3 Å². The molecule has 0 radical (unpaired) electrons. The van der Waals surface area contributed by atoms with E-state index in [1.54, 1.807) is 0 Å². The molecule has 0 heterocycles. The SMILES string of the molecule is C=CCN(C)CC=C(C)CCC=C(C)CCC(=O)c1ccc(Br)cc1. The lowest BCUT2D eigenvalue weighted by Crippen LogP contribution is -2.18. The van der Waals surface area contributed by atoms with Crippen molar-refractivity contribution in [1.29, 1.82) is 0 Å². The molecule has 2 nitrogen and oxygen atoms in total. The van der Waals surface area contributed by atoms with Crippen molar-refractivity contribution >= 4 is 21.7 Å². The molecule has 0 aliphatic carbocycles. The maximum atomic E-state index is 12.2. The van der Waals surface area contributed by atoms with Crippen LogP contribution in [0.25, 0.3) is 0 Å². The van der Waals surface area contributed by atoms with Gasteiger partial charge in [0.1, 0.15) is 0 Å². The molecule has 0 aliphatic heterocycles. The molecule has 1 rings (SSSR count). The molecule has 0 N–H and O–H groups in total. The van der Waals surface area contributed by atoms with Crippen LogP contribution in [0.15, 0.2) is 64.7 Å². The first kappa shape index (κ1) is 21.6. The highest BCUT2D eigenvalue weighted by atomic mass is 79.9. The van der Waals surface area contributed by atoms with Crippen LogP contribution in [0.3, 0.4) is 0 Å². The van der Waals surface area contributed by atoms with Gasteiger partial charge in [0.25, 0.3) is 0 Å². The van der Waals surface area contributed by atoms with Gasteiger partial charge >= 0.3 is 0 Å². The van der Waals surface area contributed by atoms with Gasteiger partial charge in [-0.15, -0.1) is 6.58 Å². The summed E-state index contributed by atoms with van der Waals surface area (Å²) in [5.74, 6) is 0.210. The van der Waals surface area contributed by atoms with Crippen LogP contribution in [-0.2, 0) is 0 Å². The van der Waals surface area contributed by atoms with Gasteiger partial charge < -0.3 is 0 Å². The topological polar surface area (TPSA) is 20.3 Å². The molecule has 0 aliphatic rings. The largest absolute Gasteiger partial charge is 0.299 e. The number of benzene rings is 1. The Hall–Kier alpha value is -1.45. The molecule has 0 saturated carbocycles. The fraction of sp³-hybridized carbons (Fsp3) is 0.409. The predicted molar refractivity (Wildman–Crippen MR) is 112 cm³/mol. The molecule has 136 valence electrons. The number of nitrogens with zero attached hydrogens (tertiary/aromatic N) is 1. The van der Waals surface area contributed by atoms with E-state index >= 15 is 0 Å². The molecule has 0 bridgehead atoms. The van der Waals surface area contributed by atoms with Crippen molar-refractivity contribution < 1.29 is 4.79 Å². The first-order valence-electron chi connectivity index (χ1n) is 8.82. The van der Waals surface area contributed by atoms with Crippen LogP contribution in [0.1, 0.15) is 49.9 Å². The summed E-state index contributed by atoms with van der Waals surface area (Å²) in [6, 6.07) is 7.58. The van der Waals surface area contributed by atoms with Crippen molar-refractivity contribution in [2.45, 2.75) is 39.5 Å². The van der Waals surface area contributed by atoms with Crippen molar-refractivity contribution in [3.8, 4) is 0 Å². The number of carbonyl (C=O) groups is 1. The minimum absolute atomic E-state index is 0.210. The number of hydrogen-bond acceptors (Lipinski definition) is 2. The lowest BCUT2D eigenvalue weighted by atomic mass is 10.0. The molecule has 0 unspecified atom stereocenters. The Bertz CT molecular complexity index is 613. The average molecular weight is 404 g/mol. The summed E-state index contributed by atoms with van der Waals surface area (Å²) >= 11 is 3.39. The second-order valence-electron chi connectivity index (χ2n) is 6.58. The smallest absolute Gasteiger partial charge is 0.163 e. The van der Waals surface area contributed by atoms with Crippen molar-refractivity contribution in [3.63, 3.8) is 0 Å². The number of likely N-dealkylation sites (N-methyl/N-ethyl adjacent to an activating group) is 1. The Morgan fingerprint density at radius 3 is 2.32 bits per heavy atom. The zero-order chi connectivity index (χ0) is 18.7. The molecule has 3 heteroatoms. The van der Waals surface area contributed by atoms with Crippen LogP contribution in [0, 0.1) is 0 Å². The van der Waals surface area contributed by atoms with Crippen LogP contribution in [0.4, 0.5) is 0 Å². The van der Waals surface area contributed by atoms with E-state index in [2.05, 4.69) is 60.5 Å². The van der Waals surface area contributed by atoms with Crippen molar-refractivity contribution in [2.75, 3.05) is 20.1 Å². The summed E-state index contributed by atoms with van der Waals surface area (Å²) in [5.41, 5.74) is 3.49. The first-order chi connectivity index (χ1) is 11.9. The lowest BCUT2D eigenvalue weighted by molar-refractivity contribution is 0.0982. The number of hydrogen-bond donors (Lipinski definition) is 0. The number of carbonyl (C=O) groups excluding carboxylic acids is 1. The average Bonchev–Trinajstić information content (AvgIpc) is 2.59. The van der Waals surface area contributed by atoms with Gasteiger partial charge in [-0.1, -0.05) is 57.4 Å². The highest BCUT2D eigenvalue weighted by Gasteiger charge is 2.05. The van der Waals surface area contributed by atoms with E-state index in [1.165, 1.54) is 11.1 Å². The Morgan fingerprint density at radius 1 is 1.04 bits per heavy atom. The van der Waals surface area contributed by atoms with E-state index in [-0.39, 0.29) is 5.78 Å². The molecule has 0 aromatic heterocycles. The van der Waals surface area contributed by atoms with E-state index in [4.69, 9.17) is 0 Å². The van der Waals surface area contributed by atoms with Crippen LogP contribution in [0.2, 0.25) is 0 Å². The van der Waals surface area contributed by atoms with Gasteiger partial charge in [-0.2, -0.15) is 0 Å². The van der Waals surface area contributed by atoms with Gasteiger partial charge in [-0.25, -0.2) is 0 Å². The van der Waals surface area contributed by atoms with Gasteiger partial charge in [0.15, 0.2) is 5.78 Å². The molecule has 1 aromatic rings. The fourth-order valence-corrected chi connectivity index (χ4v) is 2.71. The summed E-state index contributed by atoms with van der Waals surface area (Å²) in [4.78, 5) is 14.4. The van der Waals surface area contributed by atoms with Crippen molar-refractivity contribution in [3.05, 3.63) is 70.3 Å². The van der Waals surface area contributed by atoms with Crippen LogP contribution in [-0.4, -0.2) is 30.8 Å². The Kier molecular flexibility index (Phi) is 10.4. The van der Waals surface area contributed by atoms with Gasteiger partial charge in [0.05, 0.1) is 0 Å². The summed E-state index contributed by atoms with van der Waals surface area (Å²) < 4.78 is 0.999. The molecule has 0 fully saturated rings. The summed E-state index contributed by atoms with van der Waals surface area (Å²) in [6.45, 7) is 9.93. The fourth-order valence-electron chi connectivity index (χ4n) is 2.45. The third kappa shape index (κ3) is 9.57. The third-order valence-electron chi connectivity index (χ3n) is 4.14. The van der Waals surface area contributed by atoms with E-state index in [0.717, 1.165) is 42.4 Å². The van der Waals surface area contributed by atoms with Gasteiger partial charge in [0.2, 0.25) is 0 Å². The molecule has 25 heavy (non-hydrogen) atoms. The normalized spacial score (nSPS) is 12.5. The zero-order valence-corrected chi connectivity index (χ0v) is 17.3. The van der Waals surface area contributed by atoms with E-state index < -0.39 is 0 Å². The number of allylic oxidation sites excluding steroid dienone is 3. The highest BCUT2D eigenvalue weighted by Crippen LogP contribution is 2.15. The predicted octanol–water partition coefficient (Wildman–Crippen LogP) is 6.20. The maximum absolute atomic E-state index is 12.2. The van der Waals surface area contributed by atoms with Crippen LogP contribution >= 0.6 is 15.9 Å². The molecule has 0 amide bonds. The molecule has 1 aromatic carbocycles. The first-order valence-corrected chi connectivity index (χ1v) is 9.61. The standard InChI is InChI=1S/C22H30BrNO/c1-5-16-24(4)17-15-19(3)8-6-7-18(2)9-14-22(25)20-10-12-21(23)13-11-20/h5,7,10-13,15H,1,6,8-9,14,16-17H2,2-4H3. The van der Waals surface area contributed by atoms with Gasteiger partial charge in [-0.05, 0) is 52.3 Å². The molecular formula is C22H30BrNO. The minimum atomic E-state index is 0.210. The number of ketones is 1. The molecule has 0 atom stereocenters. The Morgan fingerprint density at radius 2 is 1.68 bits per heavy atom. The van der Waals surface area contributed by atoms with E-state index in [9.17, 15) is 4.79 Å². The zero-order valence-electron chi connectivity index (χ0n) is 15.7. The molecular weight excluding hydrogens is 374 g/mol. The third-order valence-corrected chi connectivity index (χ3v) is 4.66. The highest BCUT2D eigenvalue weighted by molar-refractivity contribution is 9.10. The Balaban J connectivity index is 2.33. The van der Waals surface area contributed by atoms with Gasteiger partial charge in [0, 0.05) is 29.5 Å². The molecule has 0 spiro atoms. The summed E-state index contributed by atoms with van der Waals surface area (Å²) in [5, 5.41) is 0.